The van der Waals surface area contributed by atoms with Gasteiger partial charge in [0.05, 0.1) is 25.7 Å². The molecule has 2 amide bonds. The monoisotopic (exact) mass is 285 g/mol. The summed E-state index contributed by atoms with van der Waals surface area (Å²) in [5.74, 6) is -0.160. The molecule has 6 nitrogen and oxygen atoms in total. The van der Waals surface area contributed by atoms with Crippen molar-refractivity contribution in [3.05, 3.63) is 0 Å². The van der Waals surface area contributed by atoms with Crippen molar-refractivity contribution in [1.82, 2.24) is 15.5 Å². The van der Waals surface area contributed by atoms with Gasteiger partial charge in [-0.15, -0.1) is 0 Å². The number of carbonyl (C=O) groups is 2. The molecular formula is C14H27N3O3. The second-order valence-corrected chi connectivity index (χ2v) is 5.17. The first-order chi connectivity index (χ1) is 9.63. The Morgan fingerprint density at radius 3 is 2.70 bits per heavy atom. The molecule has 2 N–H and O–H groups in total. The maximum absolute atomic E-state index is 11.8. The number of rotatable bonds is 8. The van der Waals surface area contributed by atoms with Gasteiger partial charge in [0.2, 0.25) is 11.8 Å². The lowest BCUT2D eigenvalue weighted by molar-refractivity contribution is -0.136. The van der Waals surface area contributed by atoms with Crippen molar-refractivity contribution in [2.45, 2.75) is 38.7 Å². The minimum Gasteiger partial charge on any atom is -0.378 e. The third-order valence-corrected chi connectivity index (χ3v) is 3.33. The number of nitrogens with one attached hydrogen (secondary N) is 2. The van der Waals surface area contributed by atoms with Crippen LogP contribution >= 0.6 is 0 Å². The molecule has 0 atom stereocenters. The quantitative estimate of drug-likeness (QED) is 0.665. The lowest BCUT2D eigenvalue weighted by atomic mass is 10.1. The summed E-state index contributed by atoms with van der Waals surface area (Å²) in [6, 6.07) is 0. The fourth-order valence-corrected chi connectivity index (χ4v) is 2.09. The van der Waals surface area contributed by atoms with Crippen molar-refractivity contribution in [3.63, 3.8) is 0 Å². The van der Waals surface area contributed by atoms with E-state index in [-0.39, 0.29) is 24.5 Å². The van der Waals surface area contributed by atoms with E-state index in [1.54, 1.807) is 7.05 Å². The second kappa shape index (κ2) is 9.72. The van der Waals surface area contributed by atoms with Crippen molar-refractivity contribution in [3.8, 4) is 0 Å². The second-order valence-electron chi connectivity index (χ2n) is 5.17. The summed E-state index contributed by atoms with van der Waals surface area (Å²) in [6.45, 7) is 5.16. The normalized spacial score (nSPS) is 15.9. The van der Waals surface area contributed by atoms with Crippen molar-refractivity contribution >= 4 is 11.8 Å². The number of carbonyl (C=O) groups excluding carboxylic acids is 2. The Hall–Kier alpha value is -1.14. The van der Waals surface area contributed by atoms with Crippen LogP contribution < -0.4 is 10.6 Å². The summed E-state index contributed by atoms with van der Waals surface area (Å²) in [4.78, 5) is 24.8. The summed E-state index contributed by atoms with van der Waals surface area (Å²) >= 11 is 0. The van der Waals surface area contributed by atoms with Gasteiger partial charge in [0.1, 0.15) is 0 Å². The zero-order valence-electron chi connectivity index (χ0n) is 12.6. The molecule has 1 saturated heterocycles. The van der Waals surface area contributed by atoms with Crippen LogP contribution in [-0.4, -0.2) is 62.7 Å². The highest BCUT2D eigenvalue weighted by Crippen LogP contribution is 2.07. The molecule has 0 aliphatic carbocycles. The molecule has 0 aromatic heterocycles. The minimum atomic E-state index is -0.109. The standard InChI is InChI=1S/C14H27N3O3/c1-3-7-16-13(18)11-17(2)14(19)6-10-20-12-4-8-15-9-5-12/h12,15H,3-11H2,1-2H3,(H,16,18). The maximum atomic E-state index is 11.8. The smallest absolute Gasteiger partial charge is 0.239 e. The minimum absolute atomic E-state index is 0.0504. The van der Waals surface area contributed by atoms with E-state index in [0.717, 1.165) is 32.4 Å². The van der Waals surface area contributed by atoms with Gasteiger partial charge in [0, 0.05) is 13.6 Å². The van der Waals surface area contributed by atoms with E-state index in [9.17, 15) is 9.59 Å². The van der Waals surface area contributed by atoms with Crippen LogP contribution in [-0.2, 0) is 14.3 Å². The van der Waals surface area contributed by atoms with Crippen molar-refractivity contribution < 1.29 is 14.3 Å². The fourth-order valence-electron chi connectivity index (χ4n) is 2.09. The van der Waals surface area contributed by atoms with Crippen LogP contribution in [0.5, 0.6) is 0 Å². The molecule has 20 heavy (non-hydrogen) atoms. The number of hydrogen-bond donors (Lipinski definition) is 2. The molecule has 0 spiro atoms. The lowest BCUT2D eigenvalue weighted by Crippen LogP contribution is -2.39. The molecule has 0 aromatic rings. The van der Waals surface area contributed by atoms with Gasteiger partial charge in [0.25, 0.3) is 0 Å². The Labute approximate surface area is 121 Å². The average molecular weight is 285 g/mol. The molecule has 0 saturated carbocycles. The van der Waals surface area contributed by atoms with Crippen LogP contribution in [0, 0.1) is 0 Å². The first-order valence-electron chi connectivity index (χ1n) is 7.46. The van der Waals surface area contributed by atoms with Crippen LogP contribution in [0.15, 0.2) is 0 Å². The maximum Gasteiger partial charge on any atom is 0.239 e. The lowest BCUT2D eigenvalue weighted by Gasteiger charge is -2.23. The predicted octanol–water partition coefficient (Wildman–Crippen LogP) is 0.130. The summed E-state index contributed by atoms with van der Waals surface area (Å²) < 4.78 is 5.69. The largest absolute Gasteiger partial charge is 0.378 e. The molecular weight excluding hydrogens is 258 g/mol. The molecule has 1 aliphatic rings. The highest BCUT2D eigenvalue weighted by Gasteiger charge is 2.16. The van der Waals surface area contributed by atoms with E-state index in [4.69, 9.17) is 4.74 Å². The van der Waals surface area contributed by atoms with Gasteiger partial charge in [-0.05, 0) is 32.4 Å². The van der Waals surface area contributed by atoms with Crippen molar-refractivity contribution in [2.24, 2.45) is 0 Å². The SMILES string of the molecule is CCCNC(=O)CN(C)C(=O)CCOC1CCNCC1. The Kier molecular flexibility index (Phi) is 8.22. The molecule has 0 unspecified atom stereocenters. The summed E-state index contributed by atoms with van der Waals surface area (Å²) in [6.07, 6.45) is 3.50. The number of nitrogens with zero attached hydrogens (tertiary/aromatic N) is 1. The molecule has 1 aliphatic heterocycles. The van der Waals surface area contributed by atoms with E-state index in [2.05, 4.69) is 10.6 Å². The Balaban J connectivity index is 2.12. The van der Waals surface area contributed by atoms with Crippen LogP contribution in [0.3, 0.4) is 0 Å². The van der Waals surface area contributed by atoms with E-state index >= 15 is 0 Å². The van der Waals surface area contributed by atoms with Crippen LogP contribution in [0.4, 0.5) is 0 Å². The number of piperidine rings is 1. The average Bonchev–Trinajstić information content (AvgIpc) is 2.46. The molecule has 6 heteroatoms. The topological polar surface area (TPSA) is 70.7 Å². The number of likely N-dealkylation sites (N-methyl/N-ethyl adjacent to an activating group) is 1. The third-order valence-electron chi connectivity index (χ3n) is 3.33. The number of hydrogen-bond acceptors (Lipinski definition) is 4. The predicted molar refractivity (Wildman–Crippen MR) is 77.4 cm³/mol. The van der Waals surface area contributed by atoms with Gasteiger partial charge in [-0.3, -0.25) is 9.59 Å². The molecule has 116 valence electrons. The highest BCUT2D eigenvalue weighted by molar-refractivity contribution is 5.84. The van der Waals surface area contributed by atoms with Gasteiger partial charge in [-0.2, -0.15) is 0 Å². The number of ether oxygens (including phenoxy) is 1. The Morgan fingerprint density at radius 1 is 1.35 bits per heavy atom. The first-order valence-corrected chi connectivity index (χ1v) is 7.46. The van der Waals surface area contributed by atoms with Crippen molar-refractivity contribution in [2.75, 3.05) is 39.8 Å². The Morgan fingerprint density at radius 2 is 2.05 bits per heavy atom. The Bertz CT molecular complexity index is 304. The zero-order chi connectivity index (χ0) is 14.8. The van der Waals surface area contributed by atoms with E-state index < -0.39 is 0 Å². The molecule has 0 aromatic carbocycles. The van der Waals surface area contributed by atoms with E-state index in [1.807, 2.05) is 6.92 Å². The van der Waals surface area contributed by atoms with Gasteiger partial charge >= 0.3 is 0 Å². The molecule has 0 bridgehead atoms. The highest BCUT2D eigenvalue weighted by atomic mass is 16.5. The van der Waals surface area contributed by atoms with Gasteiger partial charge in [-0.25, -0.2) is 0 Å². The molecule has 1 heterocycles. The van der Waals surface area contributed by atoms with Crippen LogP contribution in [0.2, 0.25) is 0 Å². The molecule has 0 radical (unpaired) electrons. The van der Waals surface area contributed by atoms with Gasteiger partial charge in [-0.1, -0.05) is 6.92 Å². The van der Waals surface area contributed by atoms with E-state index in [1.165, 1.54) is 4.90 Å². The van der Waals surface area contributed by atoms with Gasteiger partial charge < -0.3 is 20.3 Å². The van der Waals surface area contributed by atoms with Gasteiger partial charge in [0.15, 0.2) is 0 Å². The zero-order valence-corrected chi connectivity index (χ0v) is 12.6. The summed E-state index contributed by atoms with van der Waals surface area (Å²) in [5.41, 5.74) is 0. The number of amides is 2. The molecule has 1 fully saturated rings. The molecule has 1 rings (SSSR count). The fraction of sp³-hybridized carbons (Fsp3) is 0.857. The van der Waals surface area contributed by atoms with E-state index in [0.29, 0.717) is 19.6 Å². The van der Waals surface area contributed by atoms with Crippen molar-refractivity contribution in [1.29, 1.82) is 0 Å². The van der Waals surface area contributed by atoms with Crippen LogP contribution in [0.1, 0.15) is 32.6 Å². The summed E-state index contributed by atoms with van der Waals surface area (Å²) in [7, 11) is 1.65. The third kappa shape index (κ3) is 6.86. The van der Waals surface area contributed by atoms with Crippen LogP contribution in [0.25, 0.3) is 0 Å². The summed E-state index contributed by atoms with van der Waals surface area (Å²) in [5, 5.41) is 6.03. The first kappa shape index (κ1) is 16.9.